The summed E-state index contributed by atoms with van der Waals surface area (Å²) in [6, 6.07) is 4.06. The maximum absolute atomic E-state index is 12.6. The molecule has 2 aromatic rings. The Bertz CT molecular complexity index is 801. The first-order valence-electron chi connectivity index (χ1n) is 9.33. The van der Waals surface area contributed by atoms with Gasteiger partial charge in [-0.3, -0.25) is 24.4 Å². The van der Waals surface area contributed by atoms with Crippen molar-refractivity contribution >= 4 is 28.3 Å². The van der Waals surface area contributed by atoms with Crippen LogP contribution in [0.15, 0.2) is 29.9 Å². The van der Waals surface area contributed by atoms with Gasteiger partial charge in [-0.2, -0.15) is 0 Å². The Labute approximate surface area is 162 Å². The molecule has 2 aromatic heterocycles. The van der Waals surface area contributed by atoms with Crippen LogP contribution in [-0.4, -0.2) is 64.3 Å². The summed E-state index contributed by atoms with van der Waals surface area (Å²) in [4.78, 5) is 39.0. The van der Waals surface area contributed by atoms with Crippen LogP contribution < -0.4 is 4.90 Å². The van der Waals surface area contributed by atoms with E-state index in [-0.39, 0.29) is 11.8 Å². The molecule has 4 heterocycles. The first kappa shape index (κ1) is 18.1. The lowest BCUT2D eigenvalue weighted by Crippen LogP contribution is -2.48. The van der Waals surface area contributed by atoms with Gasteiger partial charge in [0.2, 0.25) is 11.8 Å². The summed E-state index contributed by atoms with van der Waals surface area (Å²) in [7, 11) is 0. The molecule has 0 bridgehead atoms. The Morgan fingerprint density at radius 1 is 1.11 bits per heavy atom. The molecule has 2 aliphatic rings. The second kappa shape index (κ2) is 8.14. The molecular weight excluding hydrogens is 362 g/mol. The zero-order valence-corrected chi connectivity index (χ0v) is 16.0. The highest BCUT2D eigenvalue weighted by atomic mass is 32.1. The molecule has 0 saturated carbocycles. The Hall–Kier alpha value is -2.32. The number of hydrogen-bond donors (Lipinski definition) is 0. The van der Waals surface area contributed by atoms with Crippen molar-refractivity contribution in [1.82, 2.24) is 19.8 Å². The molecule has 2 fully saturated rings. The third-order valence-electron chi connectivity index (χ3n) is 5.06. The Balaban J connectivity index is 1.27. The number of rotatable bonds is 5. The minimum absolute atomic E-state index is 0.114. The normalized spacial score (nSPS) is 18.3. The van der Waals surface area contributed by atoms with Gasteiger partial charge in [-0.1, -0.05) is 0 Å². The molecule has 0 aromatic carbocycles. The van der Waals surface area contributed by atoms with E-state index in [0.717, 1.165) is 56.5 Å². The summed E-state index contributed by atoms with van der Waals surface area (Å²) in [6.07, 6.45) is 5.41. The summed E-state index contributed by atoms with van der Waals surface area (Å²) in [5.74, 6) is 0.246. The predicted octanol–water partition coefficient (Wildman–Crippen LogP) is 1.55. The van der Waals surface area contributed by atoms with E-state index in [1.165, 1.54) is 16.9 Å². The molecule has 0 atom stereocenters. The molecule has 27 heavy (non-hydrogen) atoms. The van der Waals surface area contributed by atoms with Crippen molar-refractivity contribution < 1.29 is 9.59 Å². The molecule has 0 unspecified atom stereocenters. The van der Waals surface area contributed by atoms with E-state index in [1.807, 2.05) is 34.8 Å². The molecule has 2 aliphatic heterocycles. The topological polar surface area (TPSA) is 69.6 Å². The van der Waals surface area contributed by atoms with Gasteiger partial charge in [0, 0.05) is 63.5 Å². The van der Waals surface area contributed by atoms with E-state index in [4.69, 9.17) is 0 Å². The van der Waals surface area contributed by atoms with Gasteiger partial charge in [0.1, 0.15) is 0 Å². The number of pyridine rings is 1. The Morgan fingerprint density at radius 3 is 2.59 bits per heavy atom. The number of thiazole rings is 1. The molecule has 2 amide bonds. The molecule has 0 N–H and O–H groups in total. The van der Waals surface area contributed by atoms with Crippen LogP contribution in [0.5, 0.6) is 0 Å². The van der Waals surface area contributed by atoms with Crippen LogP contribution in [0, 0.1) is 0 Å². The average molecular weight is 385 g/mol. The van der Waals surface area contributed by atoms with Crippen LogP contribution in [0.4, 0.5) is 5.13 Å². The van der Waals surface area contributed by atoms with E-state index in [1.54, 1.807) is 4.90 Å². The van der Waals surface area contributed by atoms with Gasteiger partial charge >= 0.3 is 0 Å². The van der Waals surface area contributed by atoms with E-state index in [9.17, 15) is 9.59 Å². The zero-order chi connectivity index (χ0) is 18.6. The van der Waals surface area contributed by atoms with Crippen molar-refractivity contribution in [3.63, 3.8) is 0 Å². The lowest BCUT2D eigenvalue weighted by Gasteiger charge is -2.34. The monoisotopic (exact) mass is 385 g/mol. The summed E-state index contributed by atoms with van der Waals surface area (Å²) in [5, 5.41) is 2.63. The highest BCUT2D eigenvalue weighted by molar-refractivity contribution is 7.14. The SMILES string of the molecule is O=C(Cc1csc(N2CCCC2=O)n1)N1CCN(Cc2ccncc2)CC1. The molecule has 142 valence electrons. The van der Waals surface area contributed by atoms with E-state index in [0.29, 0.717) is 12.8 Å². The quantitative estimate of drug-likeness (QED) is 0.781. The van der Waals surface area contributed by atoms with E-state index < -0.39 is 0 Å². The lowest BCUT2D eigenvalue weighted by atomic mass is 10.2. The van der Waals surface area contributed by atoms with Gasteiger partial charge < -0.3 is 4.90 Å². The fourth-order valence-electron chi connectivity index (χ4n) is 3.52. The number of hydrogen-bond acceptors (Lipinski definition) is 6. The van der Waals surface area contributed by atoms with Crippen molar-refractivity contribution in [2.75, 3.05) is 37.6 Å². The number of piperazine rings is 1. The van der Waals surface area contributed by atoms with Crippen LogP contribution in [0.2, 0.25) is 0 Å². The largest absolute Gasteiger partial charge is 0.340 e. The highest BCUT2D eigenvalue weighted by Crippen LogP contribution is 2.25. The second-order valence-electron chi connectivity index (χ2n) is 6.96. The van der Waals surface area contributed by atoms with Gasteiger partial charge in [0.15, 0.2) is 5.13 Å². The Morgan fingerprint density at radius 2 is 1.89 bits per heavy atom. The van der Waals surface area contributed by atoms with Crippen LogP contribution in [0.3, 0.4) is 0 Å². The number of anilines is 1. The average Bonchev–Trinajstić information content (AvgIpc) is 3.32. The molecular formula is C19H23N5O2S. The van der Waals surface area contributed by atoms with Gasteiger partial charge in [0.25, 0.3) is 0 Å². The third kappa shape index (κ3) is 4.33. The number of amides is 2. The highest BCUT2D eigenvalue weighted by Gasteiger charge is 2.26. The molecule has 2 saturated heterocycles. The standard InChI is InChI=1S/C19H23N5O2S/c25-17-2-1-7-24(17)19-21-16(14-27-19)12-18(26)23-10-8-22(9-11-23)13-15-3-5-20-6-4-15/h3-6,14H,1-2,7-13H2. The summed E-state index contributed by atoms with van der Waals surface area (Å²) in [6.45, 7) is 4.86. The van der Waals surface area contributed by atoms with Gasteiger partial charge in [-0.05, 0) is 24.1 Å². The lowest BCUT2D eigenvalue weighted by molar-refractivity contribution is -0.132. The minimum atomic E-state index is 0.114. The third-order valence-corrected chi connectivity index (χ3v) is 5.97. The molecule has 4 rings (SSSR count). The number of carbonyl (C=O) groups is 2. The van der Waals surface area contributed by atoms with E-state index >= 15 is 0 Å². The van der Waals surface area contributed by atoms with Crippen molar-refractivity contribution in [2.45, 2.75) is 25.8 Å². The van der Waals surface area contributed by atoms with Gasteiger partial charge in [-0.25, -0.2) is 4.98 Å². The fourth-order valence-corrected chi connectivity index (χ4v) is 4.39. The Kier molecular flexibility index (Phi) is 5.45. The van der Waals surface area contributed by atoms with Crippen molar-refractivity contribution in [1.29, 1.82) is 0 Å². The van der Waals surface area contributed by atoms with Crippen LogP contribution in [0.25, 0.3) is 0 Å². The molecule has 8 heteroatoms. The maximum Gasteiger partial charge on any atom is 0.228 e. The smallest absolute Gasteiger partial charge is 0.228 e. The first-order chi connectivity index (χ1) is 13.2. The number of carbonyl (C=O) groups excluding carboxylic acids is 2. The van der Waals surface area contributed by atoms with Gasteiger partial charge in [-0.15, -0.1) is 11.3 Å². The summed E-state index contributed by atoms with van der Waals surface area (Å²) >= 11 is 1.45. The van der Waals surface area contributed by atoms with Crippen LogP contribution in [-0.2, 0) is 22.6 Å². The summed E-state index contributed by atoms with van der Waals surface area (Å²) in [5.41, 5.74) is 2.01. The maximum atomic E-state index is 12.6. The van der Waals surface area contributed by atoms with E-state index in [2.05, 4.69) is 14.9 Å². The molecule has 7 nitrogen and oxygen atoms in total. The molecule has 0 spiro atoms. The first-order valence-corrected chi connectivity index (χ1v) is 10.2. The molecule has 0 aliphatic carbocycles. The second-order valence-corrected chi connectivity index (χ2v) is 7.80. The van der Waals surface area contributed by atoms with Gasteiger partial charge in [0.05, 0.1) is 12.1 Å². The van der Waals surface area contributed by atoms with Crippen molar-refractivity contribution in [3.8, 4) is 0 Å². The zero-order valence-electron chi connectivity index (χ0n) is 15.2. The van der Waals surface area contributed by atoms with Crippen LogP contribution >= 0.6 is 11.3 Å². The predicted molar refractivity (Wildman–Crippen MR) is 103 cm³/mol. The number of nitrogens with zero attached hydrogens (tertiary/aromatic N) is 5. The minimum Gasteiger partial charge on any atom is -0.340 e. The van der Waals surface area contributed by atoms with Crippen LogP contribution in [0.1, 0.15) is 24.1 Å². The van der Waals surface area contributed by atoms with Crippen molar-refractivity contribution in [3.05, 3.63) is 41.2 Å². The van der Waals surface area contributed by atoms with Crippen molar-refractivity contribution in [2.24, 2.45) is 0 Å². The number of aromatic nitrogens is 2. The summed E-state index contributed by atoms with van der Waals surface area (Å²) < 4.78 is 0. The fraction of sp³-hybridized carbons (Fsp3) is 0.474. The molecule has 0 radical (unpaired) electrons.